The number of piperazine rings is 1. The number of anilines is 3. The van der Waals surface area contributed by atoms with E-state index in [0.717, 1.165) is 91.3 Å². The van der Waals surface area contributed by atoms with Gasteiger partial charge in [0, 0.05) is 67.0 Å². The maximum Gasteiger partial charge on any atom is 0.420 e. The van der Waals surface area contributed by atoms with Gasteiger partial charge >= 0.3 is 6.18 Å². The molecule has 0 unspecified atom stereocenters. The molecule has 1 N–H and O–H groups in total. The van der Waals surface area contributed by atoms with E-state index in [4.69, 9.17) is 0 Å². The number of halogens is 3. The van der Waals surface area contributed by atoms with Crippen molar-refractivity contribution in [3.63, 3.8) is 0 Å². The Morgan fingerprint density at radius 3 is 2.51 bits per heavy atom. The van der Waals surface area contributed by atoms with Crippen LogP contribution >= 0.6 is 23.1 Å². The first kappa shape index (κ1) is 27.0. The van der Waals surface area contributed by atoms with Crippen LogP contribution in [-0.4, -0.2) is 77.2 Å². The number of aromatic nitrogens is 2. The highest BCUT2D eigenvalue weighted by Crippen LogP contribution is 2.47. The number of amides is 1. The van der Waals surface area contributed by atoms with Crippen LogP contribution in [0.2, 0.25) is 0 Å². The first-order chi connectivity index (χ1) is 19.7. The van der Waals surface area contributed by atoms with Crippen molar-refractivity contribution >= 4 is 46.3 Å². The number of carbonyl (C=O) groups is 1. The molecule has 0 atom stereocenters. The van der Waals surface area contributed by atoms with E-state index in [-0.39, 0.29) is 23.6 Å². The Balaban J connectivity index is 1.21. The molecule has 0 radical (unpaired) electrons. The van der Waals surface area contributed by atoms with Crippen LogP contribution in [0, 0.1) is 0 Å². The number of rotatable bonds is 6. The lowest BCUT2D eigenvalue weighted by Crippen LogP contribution is -2.44. The van der Waals surface area contributed by atoms with E-state index < -0.39 is 11.7 Å². The number of hydrogen-bond donors (Lipinski definition) is 1. The Hall–Kier alpha value is -2.83. The lowest BCUT2D eigenvalue weighted by atomic mass is 10.1. The van der Waals surface area contributed by atoms with Crippen molar-refractivity contribution in [3.8, 4) is 10.6 Å². The van der Waals surface area contributed by atoms with Gasteiger partial charge in [-0.2, -0.15) is 13.2 Å². The molecule has 4 aliphatic rings. The minimum absolute atomic E-state index is 0.0840. The molecule has 2 aliphatic carbocycles. The fourth-order valence-electron chi connectivity index (χ4n) is 5.58. The second-order valence-electron chi connectivity index (χ2n) is 11.3. The number of thioether (sulfide) groups is 1. The third-order valence-corrected chi connectivity index (χ3v) is 10.5. The zero-order chi connectivity index (χ0) is 28.3. The molecule has 41 heavy (non-hydrogen) atoms. The van der Waals surface area contributed by atoms with Gasteiger partial charge in [0.15, 0.2) is 0 Å². The van der Waals surface area contributed by atoms with E-state index in [1.54, 1.807) is 6.07 Å². The largest absolute Gasteiger partial charge is 0.420 e. The summed E-state index contributed by atoms with van der Waals surface area (Å²) in [4.78, 5) is 29.9. The summed E-state index contributed by atoms with van der Waals surface area (Å²) in [6.45, 7) is 4.61. The normalized spacial score (nSPS) is 20.2. The summed E-state index contributed by atoms with van der Waals surface area (Å²) >= 11 is 2.63. The first-order valence-corrected chi connectivity index (χ1v) is 15.9. The van der Waals surface area contributed by atoms with Crippen LogP contribution in [0.3, 0.4) is 0 Å². The number of hydrogen-bond acceptors (Lipinski definition) is 8. The van der Waals surface area contributed by atoms with Crippen LogP contribution in [0.1, 0.15) is 52.4 Å². The van der Waals surface area contributed by atoms with Gasteiger partial charge < -0.3 is 20.0 Å². The van der Waals surface area contributed by atoms with Crippen LogP contribution in [-0.2, 0) is 6.18 Å². The van der Waals surface area contributed by atoms with Crippen molar-refractivity contribution in [2.75, 3.05) is 55.7 Å². The Labute approximate surface area is 245 Å². The summed E-state index contributed by atoms with van der Waals surface area (Å²) in [6.07, 6.45) is 0.380. The average molecular weight is 601 g/mol. The zero-order valence-corrected chi connectivity index (χ0v) is 24.3. The molecule has 12 heteroatoms. The van der Waals surface area contributed by atoms with Crippen molar-refractivity contribution in [2.45, 2.75) is 48.7 Å². The van der Waals surface area contributed by atoms with Crippen molar-refractivity contribution in [3.05, 3.63) is 46.5 Å². The molecule has 1 saturated heterocycles. The summed E-state index contributed by atoms with van der Waals surface area (Å²) < 4.78 is 42.4. The lowest BCUT2D eigenvalue weighted by molar-refractivity contribution is -0.137. The van der Waals surface area contributed by atoms with Crippen LogP contribution in [0.15, 0.2) is 35.4 Å². The third kappa shape index (κ3) is 5.53. The van der Waals surface area contributed by atoms with E-state index in [9.17, 15) is 18.0 Å². The number of alkyl halides is 3. The van der Waals surface area contributed by atoms with Crippen molar-refractivity contribution in [1.82, 2.24) is 19.8 Å². The fraction of sp³-hybridized carbons (Fsp3) is 0.483. The van der Waals surface area contributed by atoms with Crippen molar-refractivity contribution in [1.29, 1.82) is 0 Å². The second-order valence-corrected chi connectivity index (χ2v) is 13.5. The summed E-state index contributed by atoms with van der Waals surface area (Å²) in [6, 6.07) is 8.22. The molecule has 1 amide bonds. The fourth-order valence-corrected chi connectivity index (χ4v) is 7.90. The molecule has 2 aromatic heterocycles. The van der Waals surface area contributed by atoms with E-state index >= 15 is 0 Å². The molecule has 2 saturated carbocycles. The number of thiophene rings is 1. The highest BCUT2D eigenvalue weighted by Gasteiger charge is 2.39. The summed E-state index contributed by atoms with van der Waals surface area (Å²) in [5.74, 6) is 1.18. The Morgan fingerprint density at radius 2 is 1.80 bits per heavy atom. The molecule has 7 rings (SSSR count). The van der Waals surface area contributed by atoms with Gasteiger partial charge in [0.2, 0.25) is 5.95 Å². The number of nitrogens with zero attached hydrogens (tertiary/aromatic N) is 5. The van der Waals surface area contributed by atoms with Crippen LogP contribution < -0.4 is 10.2 Å². The number of benzene rings is 1. The Morgan fingerprint density at radius 1 is 1.02 bits per heavy atom. The van der Waals surface area contributed by atoms with Crippen molar-refractivity contribution < 1.29 is 18.0 Å². The van der Waals surface area contributed by atoms with Gasteiger partial charge in [-0.25, -0.2) is 9.97 Å². The van der Waals surface area contributed by atoms with E-state index in [1.165, 1.54) is 17.4 Å². The van der Waals surface area contributed by atoms with Crippen LogP contribution in [0.5, 0.6) is 0 Å². The standard InChI is InChI=1S/C29H31F3N6OS2/c1-36-8-10-37(11-9-36)19-6-7-22(20(14-19)17-2-3-17)34-28-33-16-21(29(30,31)32)25(35-28)23-15-24-26(41-23)27(39)38(12-13-40-24)18-4-5-18/h6-7,14-18H,2-5,8-13H2,1H3,(H,33,34,35). The number of likely N-dealkylation sites (N-methyl/N-ethyl adjacent to an activating group) is 1. The molecule has 216 valence electrons. The lowest BCUT2D eigenvalue weighted by Gasteiger charge is -2.34. The number of fused-ring (bicyclic) bond motifs is 1. The van der Waals surface area contributed by atoms with Crippen molar-refractivity contribution in [2.24, 2.45) is 0 Å². The van der Waals surface area contributed by atoms with E-state index in [0.29, 0.717) is 22.2 Å². The molecule has 7 nitrogen and oxygen atoms in total. The molecule has 0 bridgehead atoms. The summed E-state index contributed by atoms with van der Waals surface area (Å²) in [7, 11) is 2.13. The topological polar surface area (TPSA) is 64.6 Å². The van der Waals surface area contributed by atoms with Gasteiger partial charge in [0.1, 0.15) is 10.4 Å². The smallest absolute Gasteiger partial charge is 0.369 e. The zero-order valence-electron chi connectivity index (χ0n) is 22.7. The highest BCUT2D eigenvalue weighted by atomic mass is 32.2. The molecular formula is C29H31F3N6OS2. The molecule has 0 spiro atoms. The monoisotopic (exact) mass is 600 g/mol. The van der Waals surface area contributed by atoms with Gasteiger partial charge in [-0.1, -0.05) is 0 Å². The first-order valence-electron chi connectivity index (χ1n) is 14.1. The maximum absolute atomic E-state index is 14.1. The molecule has 2 aliphatic heterocycles. The SMILES string of the molecule is CN1CCN(c2ccc(Nc3ncc(C(F)(F)F)c(-c4cc5c(s4)C(=O)N(C4CC4)CCS5)n3)c(C3CC3)c2)CC1. The van der Waals surface area contributed by atoms with E-state index in [2.05, 4.69) is 44.3 Å². The van der Waals surface area contributed by atoms with Gasteiger partial charge in [0.05, 0.1) is 10.6 Å². The van der Waals surface area contributed by atoms with Gasteiger partial charge in [-0.05, 0) is 68.5 Å². The van der Waals surface area contributed by atoms with Gasteiger partial charge in [0.25, 0.3) is 5.91 Å². The Bertz CT molecular complexity index is 1480. The van der Waals surface area contributed by atoms with Crippen LogP contribution in [0.4, 0.5) is 30.5 Å². The molecule has 1 aromatic carbocycles. The van der Waals surface area contributed by atoms with Gasteiger partial charge in [-0.3, -0.25) is 4.79 Å². The number of carbonyl (C=O) groups excluding carboxylic acids is 1. The van der Waals surface area contributed by atoms with Crippen LogP contribution in [0.25, 0.3) is 10.6 Å². The minimum Gasteiger partial charge on any atom is -0.369 e. The summed E-state index contributed by atoms with van der Waals surface area (Å²) in [5.41, 5.74) is 2.05. The summed E-state index contributed by atoms with van der Waals surface area (Å²) in [5, 5.41) is 3.24. The molecular weight excluding hydrogens is 569 g/mol. The van der Waals surface area contributed by atoms with Gasteiger partial charge in [-0.15, -0.1) is 23.1 Å². The number of nitrogens with one attached hydrogen (secondary N) is 1. The predicted molar refractivity (Wildman–Crippen MR) is 157 cm³/mol. The molecule has 3 fully saturated rings. The molecule has 3 aromatic rings. The third-order valence-electron chi connectivity index (χ3n) is 8.23. The average Bonchev–Trinajstić information content (AvgIpc) is 3.88. The quantitative estimate of drug-likeness (QED) is 0.356. The predicted octanol–water partition coefficient (Wildman–Crippen LogP) is 6.31. The van der Waals surface area contributed by atoms with E-state index in [1.807, 2.05) is 11.0 Å². The maximum atomic E-state index is 14.1. The minimum atomic E-state index is -4.63. The molecule has 4 heterocycles. The highest BCUT2D eigenvalue weighted by molar-refractivity contribution is 7.99. The Kier molecular flexibility index (Phi) is 6.90. The second kappa shape index (κ2) is 10.5.